The van der Waals surface area contributed by atoms with E-state index in [9.17, 15) is 14.0 Å². The summed E-state index contributed by atoms with van der Waals surface area (Å²) in [6.45, 7) is 6.55. The van der Waals surface area contributed by atoms with Crippen molar-refractivity contribution in [2.45, 2.75) is 39.7 Å². The van der Waals surface area contributed by atoms with Crippen LogP contribution in [0.4, 0.5) is 4.39 Å². The van der Waals surface area contributed by atoms with Crippen molar-refractivity contribution in [1.82, 2.24) is 4.90 Å². The number of aliphatic carboxylic acids is 1. The zero-order chi connectivity index (χ0) is 27.6. The molecule has 5 nitrogen and oxygen atoms in total. The Morgan fingerprint density at radius 2 is 1.59 bits per heavy atom. The van der Waals surface area contributed by atoms with Gasteiger partial charge in [-0.2, -0.15) is 0 Å². The van der Waals surface area contributed by atoms with Gasteiger partial charge in [0.2, 0.25) is 0 Å². The summed E-state index contributed by atoms with van der Waals surface area (Å²) in [5.74, 6) is -1.72. The van der Waals surface area contributed by atoms with Crippen molar-refractivity contribution in [3.05, 3.63) is 106 Å². The van der Waals surface area contributed by atoms with E-state index in [1.807, 2.05) is 61.5 Å². The Kier molecular flexibility index (Phi) is 15.9. The number of morpholine rings is 1. The van der Waals surface area contributed by atoms with Gasteiger partial charge in [0.25, 0.3) is 5.91 Å². The van der Waals surface area contributed by atoms with Crippen molar-refractivity contribution in [2.75, 3.05) is 19.7 Å². The number of hydrogen-bond acceptors (Lipinski definition) is 3. The van der Waals surface area contributed by atoms with Crippen LogP contribution in [0.2, 0.25) is 10.0 Å². The summed E-state index contributed by atoms with van der Waals surface area (Å²) in [5, 5.41) is 10.3. The maximum Gasteiger partial charge on any atom is 0.323 e. The Balaban J connectivity index is 0.000000311. The van der Waals surface area contributed by atoms with Crippen LogP contribution in [0.15, 0.2) is 78.9 Å². The van der Waals surface area contributed by atoms with E-state index in [-0.39, 0.29) is 24.8 Å². The number of carbonyl (C=O) groups is 2. The molecule has 8 heteroatoms. The number of carboxylic acid groups (broad SMARTS) is 1. The van der Waals surface area contributed by atoms with Crippen LogP contribution in [0.5, 0.6) is 0 Å². The number of amides is 1. The van der Waals surface area contributed by atoms with Crippen molar-refractivity contribution in [1.29, 1.82) is 0 Å². The number of rotatable bonds is 4. The molecule has 1 heterocycles. The monoisotopic (exact) mass is 549 g/mol. The summed E-state index contributed by atoms with van der Waals surface area (Å²) < 4.78 is 18.1. The van der Waals surface area contributed by atoms with Crippen molar-refractivity contribution in [2.24, 2.45) is 0 Å². The molecule has 1 N–H and O–H groups in total. The molecule has 3 aromatic carbocycles. The van der Waals surface area contributed by atoms with E-state index < -0.39 is 12.1 Å². The molecular weight excluding hydrogens is 516 g/mol. The molecule has 3 aromatic rings. The third-order valence-corrected chi connectivity index (χ3v) is 5.13. The van der Waals surface area contributed by atoms with Crippen molar-refractivity contribution >= 4 is 35.1 Å². The molecule has 1 aliphatic heterocycles. The molecule has 1 atom stereocenters. The Morgan fingerprint density at radius 1 is 1.00 bits per heavy atom. The minimum Gasteiger partial charge on any atom is -0.480 e. The molecule has 1 fully saturated rings. The minimum absolute atomic E-state index is 0.283. The summed E-state index contributed by atoms with van der Waals surface area (Å²) in [4.78, 5) is 23.9. The molecular formula is C29H34Cl2FNO4. The molecule has 0 saturated carbocycles. The fourth-order valence-corrected chi connectivity index (χ4v) is 3.40. The van der Waals surface area contributed by atoms with Crippen LogP contribution in [0.25, 0.3) is 0 Å². The second kappa shape index (κ2) is 18.3. The van der Waals surface area contributed by atoms with E-state index >= 15 is 0 Å². The van der Waals surface area contributed by atoms with Gasteiger partial charge in [0.1, 0.15) is 18.5 Å². The summed E-state index contributed by atoms with van der Waals surface area (Å²) in [7, 11) is 0. The number of hydrogen-bond donors (Lipinski definition) is 1. The lowest BCUT2D eigenvalue weighted by Crippen LogP contribution is -2.50. The zero-order valence-electron chi connectivity index (χ0n) is 21.4. The first-order valence-corrected chi connectivity index (χ1v) is 12.7. The smallest absolute Gasteiger partial charge is 0.323 e. The van der Waals surface area contributed by atoms with Crippen molar-refractivity contribution in [3.63, 3.8) is 0 Å². The van der Waals surface area contributed by atoms with Crippen molar-refractivity contribution in [3.8, 4) is 0 Å². The number of aryl methyl sites for hydroxylation is 1. The standard InChI is InChI=1S/C13H14FNO4.C7H7Cl.C6H5Cl.C3H8/c14-10-3-1-9(2-4-10)7-11-13(18)15(5-6-19-11)8-12(16)17;1-6-3-2-4-7(8)5-6;7-6-4-2-1-3-5-6;1-3-2/h1-4,11H,5-8H2,(H,16,17);2-5H,1H3;1-5H;3H2,1-2H3. The number of ether oxygens (including phenoxy) is 1. The van der Waals surface area contributed by atoms with E-state index in [4.69, 9.17) is 33.0 Å². The van der Waals surface area contributed by atoms with Gasteiger partial charge in [-0.25, -0.2) is 4.39 Å². The molecule has 37 heavy (non-hydrogen) atoms. The SMILES string of the molecule is CCC.Cc1cccc(Cl)c1.Clc1ccccc1.O=C(O)CN1CCOC(Cc2ccc(F)cc2)C1=O. The first kappa shape index (κ1) is 32.1. The fourth-order valence-electron chi connectivity index (χ4n) is 3.01. The van der Waals surface area contributed by atoms with Gasteiger partial charge >= 0.3 is 5.97 Å². The first-order chi connectivity index (χ1) is 17.7. The molecule has 200 valence electrons. The molecule has 0 radical (unpaired) electrons. The fraction of sp³-hybridized carbons (Fsp3) is 0.310. The highest BCUT2D eigenvalue weighted by Crippen LogP contribution is 2.14. The first-order valence-electron chi connectivity index (χ1n) is 12.0. The highest BCUT2D eigenvalue weighted by molar-refractivity contribution is 6.30. The predicted molar refractivity (Wildman–Crippen MR) is 148 cm³/mol. The third kappa shape index (κ3) is 14.4. The van der Waals surface area contributed by atoms with Crippen LogP contribution in [0, 0.1) is 12.7 Å². The average molecular weight is 550 g/mol. The Bertz CT molecular complexity index is 1050. The Hall–Kier alpha value is -2.93. The largest absolute Gasteiger partial charge is 0.480 e. The summed E-state index contributed by atoms with van der Waals surface area (Å²) in [6, 6.07) is 23.0. The summed E-state index contributed by atoms with van der Waals surface area (Å²) >= 11 is 11.2. The number of carbonyl (C=O) groups excluding carboxylic acids is 1. The lowest BCUT2D eigenvalue weighted by Gasteiger charge is -2.31. The summed E-state index contributed by atoms with van der Waals surface area (Å²) in [6.07, 6.45) is 0.869. The van der Waals surface area contributed by atoms with Crippen LogP contribution < -0.4 is 0 Å². The van der Waals surface area contributed by atoms with Gasteiger partial charge in [0, 0.05) is 23.0 Å². The number of benzene rings is 3. The highest BCUT2D eigenvalue weighted by atomic mass is 35.5. The van der Waals surface area contributed by atoms with Gasteiger partial charge in [0.05, 0.1) is 6.61 Å². The van der Waals surface area contributed by atoms with Gasteiger partial charge in [-0.15, -0.1) is 0 Å². The normalized spacial score (nSPS) is 14.2. The topological polar surface area (TPSA) is 66.8 Å². The van der Waals surface area contributed by atoms with E-state index in [1.165, 1.54) is 29.0 Å². The Labute approximate surface area is 228 Å². The molecule has 1 aliphatic rings. The highest BCUT2D eigenvalue weighted by Gasteiger charge is 2.30. The minimum atomic E-state index is -1.05. The molecule has 1 amide bonds. The average Bonchev–Trinajstić information content (AvgIpc) is 2.84. The van der Waals surface area contributed by atoms with Gasteiger partial charge < -0.3 is 14.7 Å². The van der Waals surface area contributed by atoms with Crippen LogP contribution in [-0.4, -0.2) is 47.7 Å². The lowest BCUT2D eigenvalue weighted by atomic mass is 10.1. The van der Waals surface area contributed by atoms with Gasteiger partial charge in [-0.3, -0.25) is 9.59 Å². The molecule has 0 aliphatic carbocycles. The molecule has 1 saturated heterocycles. The molecule has 0 bridgehead atoms. The van der Waals surface area contributed by atoms with Crippen LogP contribution in [-0.2, 0) is 20.7 Å². The maximum atomic E-state index is 12.8. The van der Waals surface area contributed by atoms with Gasteiger partial charge in [0.15, 0.2) is 0 Å². The number of halogens is 3. The van der Waals surface area contributed by atoms with E-state index in [0.717, 1.165) is 15.6 Å². The molecule has 4 rings (SSSR count). The maximum absolute atomic E-state index is 12.8. The Morgan fingerprint density at radius 3 is 2.05 bits per heavy atom. The van der Waals surface area contributed by atoms with Crippen LogP contribution in [0.1, 0.15) is 31.4 Å². The molecule has 0 spiro atoms. The second-order valence-corrected chi connectivity index (χ2v) is 9.02. The van der Waals surface area contributed by atoms with E-state index in [0.29, 0.717) is 13.0 Å². The van der Waals surface area contributed by atoms with E-state index in [2.05, 4.69) is 13.8 Å². The number of carboxylic acids is 1. The molecule has 1 unspecified atom stereocenters. The predicted octanol–water partition coefficient (Wildman–Crippen LogP) is 7.08. The van der Waals surface area contributed by atoms with E-state index in [1.54, 1.807) is 12.1 Å². The summed E-state index contributed by atoms with van der Waals surface area (Å²) in [5.41, 5.74) is 1.98. The van der Waals surface area contributed by atoms with Crippen LogP contribution in [0.3, 0.4) is 0 Å². The van der Waals surface area contributed by atoms with Gasteiger partial charge in [-0.1, -0.05) is 85.9 Å². The van der Waals surface area contributed by atoms with Crippen molar-refractivity contribution < 1.29 is 23.8 Å². The molecule has 0 aromatic heterocycles. The zero-order valence-corrected chi connectivity index (χ0v) is 22.9. The lowest BCUT2D eigenvalue weighted by molar-refractivity contribution is -0.158. The third-order valence-electron chi connectivity index (χ3n) is 4.64. The quantitative estimate of drug-likeness (QED) is 0.377. The number of nitrogens with zero attached hydrogens (tertiary/aromatic N) is 1. The van der Waals surface area contributed by atoms with Gasteiger partial charge in [-0.05, 0) is 54.4 Å². The van der Waals surface area contributed by atoms with Crippen LogP contribution >= 0.6 is 23.2 Å². The second-order valence-electron chi connectivity index (χ2n) is 8.15.